The number of piperidine rings is 2. The van der Waals surface area contributed by atoms with E-state index < -0.39 is 34.5 Å². The Balaban J connectivity index is 1.33. The summed E-state index contributed by atoms with van der Waals surface area (Å²) in [5.74, 6) is 1.30. The Morgan fingerprint density at radius 3 is 2.28 bits per heavy atom. The molecule has 252 valence electrons. The molecule has 0 aliphatic carbocycles. The first-order chi connectivity index (χ1) is 22.2. The van der Waals surface area contributed by atoms with Gasteiger partial charge in [0.15, 0.2) is 11.5 Å². The smallest absolute Gasteiger partial charge is 0.416 e. The van der Waals surface area contributed by atoms with Crippen LogP contribution in [-0.2, 0) is 11.0 Å². The number of aromatic nitrogens is 2. The van der Waals surface area contributed by atoms with Crippen LogP contribution in [0.25, 0.3) is 10.9 Å². The number of alkyl halides is 3. The van der Waals surface area contributed by atoms with E-state index in [4.69, 9.17) is 9.47 Å². The summed E-state index contributed by atoms with van der Waals surface area (Å²) in [7, 11) is 1.49. The number of hydrogen-bond donors (Lipinski definition) is 2. The number of aryl methyl sites for hydroxylation is 1. The van der Waals surface area contributed by atoms with Gasteiger partial charge in [0.2, 0.25) is 5.91 Å². The van der Waals surface area contributed by atoms with Gasteiger partial charge in [-0.2, -0.15) is 13.2 Å². The first kappa shape index (κ1) is 33.5. The fourth-order valence-corrected chi connectivity index (χ4v) is 6.01. The Morgan fingerprint density at radius 2 is 1.68 bits per heavy atom. The third-order valence-corrected chi connectivity index (χ3v) is 8.59. The summed E-state index contributed by atoms with van der Waals surface area (Å²) in [4.78, 5) is 46.9. The zero-order chi connectivity index (χ0) is 34.0. The second-order valence-corrected chi connectivity index (χ2v) is 11.8. The van der Waals surface area contributed by atoms with Crippen molar-refractivity contribution in [2.75, 3.05) is 38.6 Å². The van der Waals surface area contributed by atoms with Crippen molar-refractivity contribution in [1.29, 1.82) is 0 Å². The number of nitro groups is 1. The lowest BCUT2D eigenvalue weighted by molar-refractivity contribution is -0.385. The lowest BCUT2D eigenvalue weighted by Gasteiger charge is -2.36. The number of fused-ring (bicyclic) bond motifs is 1. The van der Waals surface area contributed by atoms with Crippen molar-refractivity contribution in [1.82, 2.24) is 19.8 Å². The number of nitrogens with one attached hydrogen (secondary N) is 1. The molecule has 3 heterocycles. The molecule has 2 fully saturated rings. The Morgan fingerprint density at radius 1 is 1.02 bits per heavy atom. The third-order valence-electron chi connectivity index (χ3n) is 8.59. The van der Waals surface area contributed by atoms with Gasteiger partial charge in [0, 0.05) is 68.5 Å². The number of rotatable bonds is 8. The van der Waals surface area contributed by atoms with Gasteiger partial charge in [-0.3, -0.25) is 14.9 Å². The Kier molecular flexibility index (Phi) is 9.58. The highest BCUT2D eigenvalue weighted by atomic mass is 19.4. The van der Waals surface area contributed by atoms with E-state index in [1.54, 1.807) is 30.9 Å². The fourth-order valence-electron chi connectivity index (χ4n) is 6.01. The normalized spacial score (nSPS) is 17.0. The van der Waals surface area contributed by atoms with Gasteiger partial charge in [-0.05, 0) is 44.4 Å². The minimum Gasteiger partial charge on any atom is -0.493 e. The summed E-state index contributed by atoms with van der Waals surface area (Å²) in [6.45, 7) is 4.88. The monoisotopic (exact) mass is 660 g/mol. The maximum Gasteiger partial charge on any atom is 0.416 e. The van der Waals surface area contributed by atoms with E-state index in [1.807, 2.05) is 0 Å². The van der Waals surface area contributed by atoms with Crippen molar-refractivity contribution >= 4 is 34.4 Å². The molecule has 2 N–H and O–H groups in total. The Bertz CT molecular complexity index is 1670. The summed E-state index contributed by atoms with van der Waals surface area (Å²) in [5.41, 5.74) is -1.27. The SMILES string of the molecule is COc1cc2nc(C)nc(N[C@H](C)c3cc([N+](=O)[O-])cc(C(F)(F)F)c3)c2cc1OC1CCN(C(=O)C2CCN(C(=O)O)CC2)CC1. The number of halogens is 3. The molecular weight excluding hydrogens is 625 g/mol. The van der Waals surface area contributed by atoms with Gasteiger partial charge in [-0.15, -0.1) is 0 Å². The number of carboxylic acid groups (broad SMARTS) is 1. The van der Waals surface area contributed by atoms with Crippen molar-refractivity contribution < 1.29 is 42.3 Å². The molecular formula is C31H35F3N6O7. The zero-order valence-corrected chi connectivity index (χ0v) is 26.0. The number of carbonyl (C=O) groups excluding carboxylic acids is 1. The average Bonchev–Trinajstić information content (AvgIpc) is 3.04. The quantitative estimate of drug-likeness (QED) is 0.223. The number of non-ortho nitro benzene ring substituents is 1. The summed E-state index contributed by atoms with van der Waals surface area (Å²) >= 11 is 0. The molecule has 2 aliphatic heterocycles. The van der Waals surface area contributed by atoms with Crippen LogP contribution in [0.15, 0.2) is 30.3 Å². The van der Waals surface area contributed by atoms with E-state index in [9.17, 15) is 38.0 Å². The summed E-state index contributed by atoms with van der Waals surface area (Å²) in [5, 5.41) is 24.2. The highest BCUT2D eigenvalue weighted by Crippen LogP contribution is 2.38. The van der Waals surface area contributed by atoms with Gasteiger partial charge >= 0.3 is 12.3 Å². The molecule has 2 amide bonds. The highest BCUT2D eigenvalue weighted by molar-refractivity contribution is 5.92. The Hall–Kier alpha value is -4.89. The van der Waals surface area contributed by atoms with Crippen molar-refractivity contribution in [3.8, 4) is 11.5 Å². The van der Waals surface area contributed by atoms with Crippen LogP contribution in [0.3, 0.4) is 0 Å². The van der Waals surface area contributed by atoms with Gasteiger partial charge in [0.25, 0.3) is 5.69 Å². The van der Waals surface area contributed by atoms with Crippen LogP contribution in [0, 0.1) is 23.0 Å². The summed E-state index contributed by atoms with van der Waals surface area (Å²) in [6, 6.07) is 5.02. The maximum absolute atomic E-state index is 13.5. The molecule has 0 unspecified atom stereocenters. The predicted molar refractivity (Wildman–Crippen MR) is 164 cm³/mol. The number of nitro benzene ring substituents is 1. The summed E-state index contributed by atoms with van der Waals surface area (Å²) < 4.78 is 52.5. The van der Waals surface area contributed by atoms with Gasteiger partial charge in [-0.1, -0.05) is 0 Å². The van der Waals surface area contributed by atoms with Gasteiger partial charge in [-0.25, -0.2) is 14.8 Å². The van der Waals surface area contributed by atoms with Gasteiger partial charge in [0.1, 0.15) is 17.7 Å². The molecule has 2 aromatic carbocycles. The lowest BCUT2D eigenvalue weighted by Crippen LogP contribution is -2.47. The van der Waals surface area contributed by atoms with E-state index in [-0.39, 0.29) is 23.5 Å². The number of ether oxygens (including phenoxy) is 2. The molecule has 0 saturated carbocycles. The van der Waals surface area contributed by atoms with Crippen LogP contribution >= 0.6 is 0 Å². The largest absolute Gasteiger partial charge is 0.493 e. The molecule has 2 aliphatic rings. The number of benzene rings is 2. The second-order valence-electron chi connectivity index (χ2n) is 11.8. The molecule has 5 rings (SSSR count). The second kappa shape index (κ2) is 13.5. The molecule has 1 aromatic heterocycles. The van der Waals surface area contributed by atoms with Crippen molar-refractivity contribution in [3.05, 3.63) is 57.4 Å². The standard InChI is InChI=1S/C31H35F3N6O7/c1-17(20-12-21(31(32,33)34)14-22(13-20)40(44)45)35-28-24-15-27(26(46-3)16-25(24)36-18(2)37-28)47-23-6-10-38(11-7-23)29(41)19-4-8-39(9-5-19)30(42)43/h12-17,19,23H,4-11H2,1-3H3,(H,42,43)(H,35,36,37)/t17-/m1/s1. The fraction of sp³-hybridized carbons (Fsp3) is 0.484. The maximum atomic E-state index is 13.5. The van der Waals surface area contributed by atoms with Crippen molar-refractivity contribution in [2.24, 2.45) is 5.92 Å². The van der Waals surface area contributed by atoms with Crippen LogP contribution in [0.4, 0.5) is 29.5 Å². The Labute approximate surface area is 267 Å². The number of hydrogen-bond acceptors (Lipinski definition) is 9. The number of anilines is 1. The number of amides is 2. The molecule has 1 atom stereocenters. The van der Waals surface area contributed by atoms with Crippen molar-refractivity contribution in [3.63, 3.8) is 0 Å². The van der Waals surface area contributed by atoms with E-state index in [0.29, 0.717) is 92.0 Å². The molecule has 13 nitrogen and oxygen atoms in total. The van der Waals surface area contributed by atoms with E-state index in [2.05, 4.69) is 15.3 Å². The van der Waals surface area contributed by atoms with E-state index in [0.717, 1.165) is 12.1 Å². The number of methoxy groups -OCH3 is 1. The molecule has 0 radical (unpaired) electrons. The highest BCUT2D eigenvalue weighted by Gasteiger charge is 2.34. The first-order valence-corrected chi connectivity index (χ1v) is 15.2. The minimum absolute atomic E-state index is 0.0280. The zero-order valence-electron chi connectivity index (χ0n) is 26.0. The predicted octanol–water partition coefficient (Wildman–Crippen LogP) is 5.81. The number of nitrogens with zero attached hydrogens (tertiary/aromatic N) is 5. The molecule has 2 saturated heterocycles. The molecule has 0 spiro atoms. The van der Waals surface area contributed by atoms with Gasteiger partial charge < -0.3 is 29.7 Å². The van der Waals surface area contributed by atoms with Crippen LogP contribution < -0.4 is 14.8 Å². The van der Waals surface area contributed by atoms with Crippen LogP contribution in [-0.4, -0.2) is 81.2 Å². The lowest BCUT2D eigenvalue weighted by atomic mass is 9.94. The van der Waals surface area contributed by atoms with Crippen molar-refractivity contribution in [2.45, 2.75) is 57.9 Å². The molecule has 47 heavy (non-hydrogen) atoms. The van der Waals surface area contributed by atoms with Gasteiger partial charge in [0.05, 0.1) is 29.2 Å². The van der Waals surface area contributed by atoms with Crippen LogP contribution in [0.1, 0.15) is 55.6 Å². The van der Waals surface area contributed by atoms with E-state index in [1.165, 1.54) is 12.0 Å². The topological polar surface area (TPSA) is 160 Å². The molecule has 16 heteroatoms. The minimum atomic E-state index is -4.77. The average molecular weight is 661 g/mol. The van der Waals surface area contributed by atoms with E-state index >= 15 is 0 Å². The molecule has 3 aromatic rings. The van der Waals surface area contributed by atoms with Crippen LogP contribution in [0.2, 0.25) is 0 Å². The third kappa shape index (κ3) is 7.58. The number of carbonyl (C=O) groups is 2. The first-order valence-electron chi connectivity index (χ1n) is 15.2. The van der Waals surface area contributed by atoms with Crippen LogP contribution in [0.5, 0.6) is 11.5 Å². The summed E-state index contributed by atoms with van der Waals surface area (Å²) in [6.07, 6.45) is -3.88. The number of likely N-dealkylation sites (tertiary alicyclic amines) is 2. The molecule has 0 bridgehead atoms.